The minimum absolute atomic E-state index is 0.0163. The maximum absolute atomic E-state index is 12.2. The molecule has 0 spiro atoms. The summed E-state index contributed by atoms with van der Waals surface area (Å²) in [6.07, 6.45) is 2.76. The highest BCUT2D eigenvalue weighted by molar-refractivity contribution is 7.83. The molecular formula is C12H16N6O6S. The lowest BCUT2D eigenvalue weighted by molar-refractivity contribution is -0.129. The van der Waals surface area contributed by atoms with Gasteiger partial charge in [0, 0.05) is 19.6 Å². The van der Waals surface area contributed by atoms with Gasteiger partial charge in [-0.15, -0.1) is 0 Å². The van der Waals surface area contributed by atoms with Crippen molar-refractivity contribution in [3.8, 4) is 0 Å². The maximum Gasteiger partial charge on any atom is 0.358 e. The topological polar surface area (TPSA) is 156 Å². The molecule has 0 aromatic carbocycles. The number of aromatic nitrogens is 2. The summed E-state index contributed by atoms with van der Waals surface area (Å²) in [7, 11) is -4.90. The highest BCUT2D eigenvalue weighted by Gasteiger charge is 2.42. The van der Waals surface area contributed by atoms with Gasteiger partial charge in [0.15, 0.2) is 0 Å². The molecule has 2 aliphatic heterocycles. The van der Waals surface area contributed by atoms with Gasteiger partial charge in [-0.2, -0.15) is 8.42 Å². The number of hydrogen-bond donors (Lipinski definition) is 3. The SMILES string of the molecule is O=C1CNCCN1c1cnc(N2CCC(N(O)S(=O)(=O)O)C2=O)nc1. The van der Waals surface area contributed by atoms with Crippen LogP contribution >= 0.6 is 0 Å². The Hall–Kier alpha value is -2.19. The Morgan fingerprint density at radius 3 is 2.48 bits per heavy atom. The summed E-state index contributed by atoms with van der Waals surface area (Å²) in [5.41, 5.74) is 0.486. The third kappa shape index (κ3) is 3.45. The van der Waals surface area contributed by atoms with Gasteiger partial charge in [-0.25, -0.2) is 9.97 Å². The van der Waals surface area contributed by atoms with E-state index < -0.39 is 22.3 Å². The second-order valence-corrected chi connectivity index (χ2v) is 6.78. The average molecular weight is 372 g/mol. The molecule has 2 saturated heterocycles. The molecule has 0 saturated carbocycles. The summed E-state index contributed by atoms with van der Waals surface area (Å²) in [5, 5.41) is 12.4. The van der Waals surface area contributed by atoms with E-state index in [9.17, 15) is 23.2 Å². The minimum atomic E-state index is -4.90. The molecular weight excluding hydrogens is 356 g/mol. The molecule has 2 aliphatic rings. The Bertz CT molecular complexity index is 784. The zero-order valence-corrected chi connectivity index (χ0v) is 13.8. The zero-order chi connectivity index (χ0) is 18.2. The number of anilines is 2. The van der Waals surface area contributed by atoms with E-state index in [1.54, 1.807) is 0 Å². The van der Waals surface area contributed by atoms with Crippen LogP contribution in [0.1, 0.15) is 6.42 Å². The fourth-order valence-electron chi connectivity index (χ4n) is 2.70. The lowest BCUT2D eigenvalue weighted by atomic mass is 10.3. The van der Waals surface area contributed by atoms with Crippen LogP contribution < -0.4 is 15.1 Å². The summed E-state index contributed by atoms with van der Waals surface area (Å²) in [6, 6.07) is -1.44. The molecule has 1 unspecified atom stereocenters. The molecule has 25 heavy (non-hydrogen) atoms. The van der Waals surface area contributed by atoms with Crippen LogP contribution in [0.4, 0.5) is 11.6 Å². The second kappa shape index (κ2) is 6.61. The molecule has 0 aliphatic carbocycles. The molecule has 3 rings (SSSR count). The number of nitrogens with zero attached hydrogens (tertiary/aromatic N) is 5. The molecule has 1 aromatic heterocycles. The second-order valence-electron chi connectivity index (χ2n) is 5.51. The summed E-state index contributed by atoms with van der Waals surface area (Å²) >= 11 is 0. The lowest BCUT2D eigenvalue weighted by Crippen LogP contribution is -2.48. The van der Waals surface area contributed by atoms with Crippen LogP contribution in [0.5, 0.6) is 0 Å². The molecule has 1 aromatic rings. The number of rotatable bonds is 4. The van der Waals surface area contributed by atoms with E-state index in [1.807, 2.05) is 0 Å². The first-order chi connectivity index (χ1) is 11.8. The smallest absolute Gasteiger partial charge is 0.307 e. The van der Waals surface area contributed by atoms with Crippen molar-refractivity contribution in [3.05, 3.63) is 12.4 Å². The van der Waals surface area contributed by atoms with Crippen LogP contribution in [-0.2, 0) is 19.9 Å². The largest absolute Gasteiger partial charge is 0.358 e. The average Bonchev–Trinajstić information content (AvgIpc) is 2.95. The third-order valence-electron chi connectivity index (χ3n) is 3.95. The number of carbonyl (C=O) groups excluding carboxylic acids is 2. The molecule has 2 amide bonds. The molecule has 0 bridgehead atoms. The quantitative estimate of drug-likeness (QED) is 0.402. The standard InChI is InChI=1S/C12H16N6O6S/c19-10-7-13-2-4-16(10)8-5-14-12(15-6-8)17-3-1-9(11(17)20)18(21)25(22,23)24/h5-6,9,13,21H,1-4,7H2,(H,22,23,24). The summed E-state index contributed by atoms with van der Waals surface area (Å²) < 4.78 is 30.3. The predicted molar refractivity (Wildman–Crippen MR) is 83.2 cm³/mol. The van der Waals surface area contributed by atoms with Crippen LogP contribution in [0.3, 0.4) is 0 Å². The van der Waals surface area contributed by atoms with E-state index in [2.05, 4.69) is 15.3 Å². The molecule has 3 heterocycles. The first kappa shape index (κ1) is 17.6. The first-order valence-corrected chi connectivity index (χ1v) is 8.79. The van der Waals surface area contributed by atoms with Crippen molar-refractivity contribution in [3.63, 3.8) is 0 Å². The van der Waals surface area contributed by atoms with Crippen molar-refractivity contribution in [1.29, 1.82) is 0 Å². The van der Waals surface area contributed by atoms with Gasteiger partial charge < -0.3 is 10.2 Å². The fraction of sp³-hybridized carbons (Fsp3) is 0.500. The van der Waals surface area contributed by atoms with Crippen molar-refractivity contribution in [1.82, 2.24) is 19.8 Å². The molecule has 3 N–H and O–H groups in total. The summed E-state index contributed by atoms with van der Waals surface area (Å²) in [4.78, 5) is 34.8. The number of hydrogen-bond acceptors (Lipinski definition) is 8. The number of amides is 2. The van der Waals surface area contributed by atoms with Gasteiger partial charge in [-0.05, 0) is 10.9 Å². The highest BCUT2D eigenvalue weighted by Crippen LogP contribution is 2.23. The maximum atomic E-state index is 12.2. The number of carbonyl (C=O) groups is 2. The van der Waals surface area contributed by atoms with Gasteiger partial charge in [0.2, 0.25) is 11.9 Å². The van der Waals surface area contributed by atoms with Crippen molar-refractivity contribution in [2.75, 3.05) is 36.0 Å². The molecule has 13 heteroatoms. The Kier molecular flexibility index (Phi) is 4.66. The number of piperazine rings is 1. The molecule has 136 valence electrons. The van der Waals surface area contributed by atoms with Gasteiger partial charge in [0.1, 0.15) is 6.04 Å². The van der Waals surface area contributed by atoms with Gasteiger partial charge >= 0.3 is 10.3 Å². The van der Waals surface area contributed by atoms with E-state index in [-0.39, 0.29) is 35.8 Å². The number of hydroxylamine groups is 1. The Morgan fingerprint density at radius 1 is 1.20 bits per heavy atom. The predicted octanol–water partition coefficient (Wildman–Crippen LogP) is -1.99. The summed E-state index contributed by atoms with van der Waals surface area (Å²) in [5.74, 6) is -0.863. The number of nitrogens with one attached hydrogen (secondary N) is 1. The Labute approximate surface area is 142 Å². The lowest BCUT2D eigenvalue weighted by Gasteiger charge is -2.27. The van der Waals surface area contributed by atoms with E-state index in [4.69, 9.17) is 4.55 Å². The molecule has 0 radical (unpaired) electrons. The normalized spacial score (nSPS) is 22.1. The van der Waals surface area contributed by atoms with Crippen molar-refractivity contribution in [2.45, 2.75) is 12.5 Å². The van der Waals surface area contributed by atoms with Crippen LogP contribution in [0.25, 0.3) is 0 Å². The molecule has 12 nitrogen and oxygen atoms in total. The third-order valence-corrected chi connectivity index (χ3v) is 4.67. The van der Waals surface area contributed by atoms with Gasteiger partial charge in [-0.1, -0.05) is 0 Å². The minimum Gasteiger partial charge on any atom is -0.307 e. The van der Waals surface area contributed by atoms with Crippen LogP contribution in [0, 0.1) is 0 Å². The summed E-state index contributed by atoms with van der Waals surface area (Å²) in [6.45, 7) is 1.40. The van der Waals surface area contributed by atoms with Crippen LogP contribution in [-0.4, -0.2) is 76.6 Å². The van der Waals surface area contributed by atoms with Crippen molar-refractivity contribution < 1.29 is 27.8 Å². The molecule has 1 atom stereocenters. The van der Waals surface area contributed by atoms with E-state index >= 15 is 0 Å². The Balaban J connectivity index is 1.75. The van der Waals surface area contributed by atoms with E-state index in [1.165, 1.54) is 17.3 Å². The van der Waals surface area contributed by atoms with Crippen LogP contribution in [0.15, 0.2) is 12.4 Å². The van der Waals surface area contributed by atoms with E-state index in [0.717, 1.165) is 4.90 Å². The fourth-order valence-corrected chi connectivity index (χ4v) is 3.22. The van der Waals surface area contributed by atoms with Gasteiger partial charge in [0.25, 0.3) is 5.91 Å². The van der Waals surface area contributed by atoms with Gasteiger partial charge in [-0.3, -0.25) is 24.2 Å². The molecule has 2 fully saturated rings. The monoisotopic (exact) mass is 372 g/mol. The zero-order valence-electron chi connectivity index (χ0n) is 12.9. The Morgan fingerprint density at radius 2 is 1.88 bits per heavy atom. The first-order valence-electron chi connectivity index (χ1n) is 7.39. The van der Waals surface area contributed by atoms with Crippen molar-refractivity contribution in [2.24, 2.45) is 0 Å². The van der Waals surface area contributed by atoms with Crippen LogP contribution in [0.2, 0.25) is 0 Å². The van der Waals surface area contributed by atoms with E-state index in [0.29, 0.717) is 18.8 Å². The van der Waals surface area contributed by atoms with Gasteiger partial charge in [0.05, 0.1) is 24.6 Å². The highest BCUT2D eigenvalue weighted by atomic mass is 32.2. The van der Waals surface area contributed by atoms with Crippen molar-refractivity contribution >= 4 is 33.8 Å².